The maximum atomic E-state index is 5.62. The van der Waals surface area contributed by atoms with Crippen molar-refractivity contribution in [3.8, 4) is 0 Å². The van der Waals surface area contributed by atoms with E-state index in [1.54, 1.807) is 0 Å². The standard InChI is InChI=1S/C10H13N5/c1-7(6-10-12-14-15-13-10)8-2-4-9(11)5-3-8/h2-5,7H,6,11H2,1H3,(H,12,13,14,15). The molecular formula is C10H13N5. The van der Waals surface area contributed by atoms with Crippen LogP contribution in [-0.4, -0.2) is 20.6 Å². The van der Waals surface area contributed by atoms with Crippen molar-refractivity contribution < 1.29 is 0 Å². The summed E-state index contributed by atoms with van der Waals surface area (Å²) in [6.45, 7) is 2.13. The minimum atomic E-state index is 0.364. The second kappa shape index (κ2) is 4.08. The van der Waals surface area contributed by atoms with Gasteiger partial charge < -0.3 is 5.73 Å². The van der Waals surface area contributed by atoms with E-state index in [1.165, 1.54) is 5.56 Å². The molecule has 0 aliphatic carbocycles. The van der Waals surface area contributed by atoms with Crippen molar-refractivity contribution in [2.45, 2.75) is 19.3 Å². The largest absolute Gasteiger partial charge is 0.399 e. The maximum absolute atomic E-state index is 5.62. The van der Waals surface area contributed by atoms with E-state index in [-0.39, 0.29) is 0 Å². The number of nitrogens with two attached hydrogens (primary N) is 1. The molecule has 1 atom stereocenters. The van der Waals surface area contributed by atoms with Crippen LogP contribution in [0, 0.1) is 0 Å². The van der Waals surface area contributed by atoms with E-state index in [2.05, 4.69) is 27.5 Å². The molecular weight excluding hydrogens is 190 g/mol. The fraction of sp³-hybridized carbons (Fsp3) is 0.300. The first-order valence-corrected chi connectivity index (χ1v) is 4.83. The molecule has 2 aromatic rings. The van der Waals surface area contributed by atoms with Gasteiger partial charge in [-0.1, -0.05) is 24.3 Å². The zero-order valence-electron chi connectivity index (χ0n) is 8.51. The molecule has 1 aromatic carbocycles. The summed E-state index contributed by atoms with van der Waals surface area (Å²) in [6.07, 6.45) is 0.778. The van der Waals surface area contributed by atoms with Crippen LogP contribution in [0.4, 0.5) is 5.69 Å². The molecule has 0 spiro atoms. The van der Waals surface area contributed by atoms with E-state index in [4.69, 9.17) is 5.73 Å². The predicted molar refractivity (Wildman–Crippen MR) is 57.2 cm³/mol. The molecule has 1 unspecified atom stereocenters. The van der Waals surface area contributed by atoms with Gasteiger partial charge >= 0.3 is 0 Å². The Morgan fingerprint density at radius 2 is 2.07 bits per heavy atom. The van der Waals surface area contributed by atoms with Crippen LogP contribution in [0.5, 0.6) is 0 Å². The van der Waals surface area contributed by atoms with Gasteiger partial charge in [0.05, 0.1) is 0 Å². The van der Waals surface area contributed by atoms with Gasteiger partial charge in [0.25, 0.3) is 0 Å². The van der Waals surface area contributed by atoms with Crippen LogP contribution in [0.25, 0.3) is 0 Å². The molecule has 0 aliphatic rings. The highest BCUT2D eigenvalue weighted by Crippen LogP contribution is 2.19. The van der Waals surface area contributed by atoms with Crippen molar-refractivity contribution in [1.82, 2.24) is 20.6 Å². The Balaban J connectivity index is 2.08. The first-order chi connectivity index (χ1) is 7.25. The highest BCUT2D eigenvalue weighted by Gasteiger charge is 2.09. The number of rotatable bonds is 3. The highest BCUT2D eigenvalue weighted by atomic mass is 15.5. The minimum Gasteiger partial charge on any atom is -0.399 e. The molecule has 0 aliphatic heterocycles. The van der Waals surface area contributed by atoms with Gasteiger partial charge in [-0.05, 0) is 23.6 Å². The van der Waals surface area contributed by atoms with E-state index < -0.39 is 0 Å². The van der Waals surface area contributed by atoms with Crippen molar-refractivity contribution in [3.05, 3.63) is 35.7 Å². The monoisotopic (exact) mass is 203 g/mol. The third-order valence-electron chi connectivity index (χ3n) is 2.38. The molecule has 0 amide bonds. The summed E-state index contributed by atoms with van der Waals surface area (Å²) >= 11 is 0. The molecule has 0 saturated heterocycles. The predicted octanol–water partition coefficient (Wildman–Crippen LogP) is 1.13. The van der Waals surface area contributed by atoms with Crippen LogP contribution in [0.2, 0.25) is 0 Å². The Morgan fingerprint density at radius 3 is 2.67 bits per heavy atom. The SMILES string of the molecule is CC(Cc1nn[nH]n1)c1ccc(N)cc1. The van der Waals surface area contributed by atoms with Crippen molar-refractivity contribution in [3.63, 3.8) is 0 Å². The summed E-state index contributed by atoms with van der Waals surface area (Å²) in [7, 11) is 0. The summed E-state index contributed by atoms with van der Waals surface area (Å²) in [6, 6.07) is 7.87. The van der Waals surface area contributed by atoms with Crippen molar-refractivity contribution in [1.29, 1.82) is 0 Å². The lowest BCUT2D eigenvalue weighted by atomic mass is 9.97. The van der Waals surface area contributed by atoms with Gasteiger partial charge in [0.15, 0.2) is 5.82 Å². The molecule has 15 heavy (non-hydrogen) atoms. The van der Waals surface area contributed by atoms with Crippen LogP contribution in [-0.2, 0) is 6.42 Å². The Kier molecular flexibility index (Phi) is 2.62. The number of nitrogen functional groups attached to an aromatic ring is 1. The molecule has 3 N–H and O–H groups in total. The average molecular weight is 203 g/mol. The second-order valence-electron chi connectivity index (χ2n) is 3.60. The van der Waals surface area contributed by atoms with E-state index >= 15 is 0 Å². The normalized spacial score (nSPS) is 12.6. The maximum Gasteiger partial charge on any atom is 0.175 e. The number of hydrogen-bond acceptors (Lipinski definition) is 4. The molecule has 0 saturated carbocycles. The van der Waals surface area contributed by atoms with Gasteiger partial charge in [-0.2, -0.15) is 5.21 Å². The fourth-order valence-corrected chi connectivity index (χ4v) is 1.49. The zero-order valence-corrected chi connectivity index (χ0v) is 8.51. The lowest BCUT2D eigenvalue weighted by Crippen LogP contribution is -2.00. The number of aromatic amines is 1. The molecule has 0 bridgehead atoms. The van der Waals surface area contributed by atoms with Crippen LogP contribution >= 0.6 is 0 Å². The highest BCUT2D eigenvalue weighted by molar-refractivity contribution is 5.40. The van der Waals surface area contributed by atoms with Crippen LogP contribution in [0.3, 0.4) is 0 Å². The number of anilines is 1. The Labute approximate surface area is 87.7 Å². The zero-order chi connectivity index (χ0) is 10.7. The number of aromatic nitrogens is 4. The third-order valence-corrected chi connectivity index (χ3v) is 2.38. The smallest absolute Gasteiger partial charge is 0.175 e. The van der Waals surface area contributed by atoms with Crippen molar-refractivity contribution in [2.24, 2.45) is 0 Å². The van der Waals surface area contributed by atoms with Crippen LogP contribution < -0.4 is 5.73 Å². The summed E-state index contributed by atoms with van der Waals surface area (Å²) in [5, 5.41) is 13.8. The lowest BCUT2D eigenvalue weighted by molar-refractivity contribution is 0.719. The van der Waals surface area contributed by atoms with E-state index in [9.17, 15) is 0 Å². The average Bonchev–Trinajstić information content (AvgIpc) is 2.71. The fourth-order valence-electron chi connectivity index (χ4n) is 1.49. The summed E-state index contributed by atoms with van der Waals surface area (Å²) in [5.74, 6) is 1.10. The van der Waals surface area contributed by atoms with Gasteiger partial charge in [-0.25, -0.2) is 0 Å². The molecule has 5 heteroatoms. The molecule has 1 heterocycles. The molecule has 1 aromatic heterocycles. The molecule has 5 nitrogen and oxygen atoms in total. The number of H-pyrrole nitrogens is 1. The molecule has 0 radical (unpaired) electrons. The Bertz CT molecular complexity index is 406. The molecule has 0 fully saturated rings. The van der Waals surface area contributed by atoms with E-state index in [1.807, 2.05) is 24.3 Å². The quantitative estimate of drug-likeness (QED) is 0.733. The molecule has 2 rings (SSSR count). The second-order valence-corrected chi connectivity index (χ2v) is 3.60. The number of tetrazole rings is 1. The van der Waals surface area contributed by atoms with E-state index in [0.717, 1.165) is 17.9 Å². The number of nitrogens with zero attached hydrogens (tertiary/aromatic N) is 3. The summed E-state index contributed by atoms with van der Waals surface area (Å²) in [4.78, 5) is 0. The Hall–Kier alpha value is -1.91. The van der Waals surface area contributed by atoms with Crippen LogP contribution in [0.1, 0.15) is 24.2 Å². The number of nitrogens with one attached hydrogen (secondary N) is 1. The van der Waals surface area contributed by atoms with Gasteiger partial charge in [0.2, 0.25) is 0 Å². The molecule has 78 valence electrons. The van der Waals surface area contributed by atoms with Crippen molar-refractivity contribution >= 4 is 5.69 Å². The Morgan fingerprint density at radius 1 is 1.33 bits per heavy atom. The number of hydrogen-bond donors (Lipinski definition) is 2. The van der Waals surface area contributed by atoms with Crippen molar-refractivity contribution in [2.75, 3.05) is 5.73 Å². The van der Waals surface area contributed by atoms with Gasteiger partial charge in [-0.3, -0.25) is 0 Å². The lowest BCUT2D eigenvalue weighted by Gasteiger charge is -2.09. The van der Waals surface area contributed by atoms with Gasteiger partial charge in [0, 0.05) is 12.1 Å². The third kappa shape index (κ3) is 2.31. The first kappa shape index (κ1) is 9.64. The van der Waals surface area contributed by atoms with Gasteiger partial charge in [-0.15, -0.1) is 10.2 Å². The summed E-state index contributed by atoms with van der Waals surface area (Å²) in [5.41, 5.74) is 7.64. The summed E-state index contributed by atoms with van der Waals surface area (Å²) < 4.78 is 0. The minimum absolute atomic E-state index is 0.364. The number of benzene rings is 1. The van der Waals surface area contributed by atoms with Crippen LogP contribution in [0.15, 0.2) is 24.3 Å². The van der Waals surface area contributed by atoms with Gasteiger partial charge in [0.1, 0.15) is 0 Å². The topological polar surface area (TPSA) is 80.5 Å². The van der Waals surface area contributed by atoms with E-state index in [0.29, 0.717) is 5.92 Å². The first-order valence-electron chi connectivity index (χ1n) is 4.83.